The zero-order valence-electron chi connectivity index (χ0n) is 35.1. The average molecular weight is 797 g/mol. The number of ether oxygens (including phenoxy) is 6. The molecule has 6 aliphatic rings. The Bertz CT molecular complexity index is 1230. The van der Waals surface area contributed by atoms with Crippen LogP contribution in [0, 0.1) is 64.6 Å². The van der Waals surface area contributed by atoms with Crippen LogP contribution in [0.3, 0.4) is 0 Å². The van der Waals surface area contributed by atoms with E-state index in [9.17, 15) is 19.2 Å². The first-order chi connectivity index (χ1) is 27.6. The van der Waals surface area contributed by atoms with Gasteiger partial charge in [-0.3, -0.25) is 9.59 Å². The Morgan fingerprint density at radius 1 is 0.526 bits per heavy atom. The van der Waals surface area contributed by atoms with Gasteiger partial charge in [-0.2, -0.15) is 0 Å². The number of carbonyl (C=O) groups is 4. The Kier molecular flexibility index (Phi) is 16.2. The fourth-order valence-electron chi connectivity index (χ4n) is 12.3. The number of hydrogen-bond donors (Lipinski definition) is 0. The minimum atomic E-state index is -0.779. The third-order valence-electron chi connectivity index (χ3n) is 14.8. The SMILES string of the molecule is C=CC(=O)OC(COCC(C)(C)COCC(COC(=O)C1C2CCCCC2CC2CCCCC21)OC(=O)C=C)COC(=O)C1C2CCCCC2CC2CCCCC21. The highest BCUT2D eigenvalue weighted by atomic mass is 16.6. The van der Waals surface area contributed by atoms with Crippen molar-refractivity contribution >= 4 is 23.9 Å². The van der Waals surface area contributed by atoms with E-state index in [0.29, 0.717) is 47.3 Å². The number of fused-ring (bicyclic) bond motifs is 4. The smallest absolute Gasteiger partial charge is 0.330 e. The van der Waals surface area contributed by atoms with Gasteiger partial charge in [0, 0.05) is 17.6 Å². The van der Waals surface area contributed by atoms with E-state index in [2.05, 4.69) is 13.2 Å². The summed E-state index contributed by atoms with van der Waals surface area (Å²) in [5, 5.41) is 0. The van der Waals surface area contributed by atoms with Gasteiger partial charge in [-0.15, -0.1) is 0 Å². The second-order valence-electron chi connectivity index (χ2n) is 19.3. The van der Waals surface area contributed by atoms with Crippen LogP contribution in [-0.4, -0.2) is 75.7 Å². The molecular weight excluding hydrogens is 725 g/mol. The number of esters is 4. The van der Waals surface area contributed by atoms with Crippen molar-refractivity contribution in [3.63, 3.8) is 0 Å². The van der Waals surface area contributed by atoms with E-state index in [1.54, 1.807) is 0 Å². The molecule has 10 unspecified atom stereocenters. The van der Waals surface area contributed by atoms with Crippen molar-refractivity contribution in [1.82, 2.24) is 0 Å². The summed E-state index contributed by atoms with van der Waals surface area (Å²) in [6.45, 7) is 11.5. The maximum atomic E-state index is 13.8. The summed E-state index contributed by atoms with van der Waals surface area (Å²) in [5.41, 5.74) is -0.477. The molecular formula is C47H72O10. The molecule has 0 N–H and O–H groups in total. The van der Waals surface area contributed by atoms with Crippen LogP contribution >= 0.6 is 0 Å². The Morgan fingerprint density at radius 3 is 1.16 bits per heavy atom. The van der Waals surface area contributed by atoms with Crippen LogP contribution in [0.5, 0.6) is 0 Å². The van der Waals surface area contributed by atoms with E-state index in [-0.39, 0.29) is 63.4 Å². The lowest BCUT2D eigenvalue weighted by Crippen LogP contribution is -2.47. The summed E-state index contributed by atoms with van der Waals surface area (Å²) in [7, 11) is 0. The summed E-state index contributed by atoms with van der Waals surface area (Å²) >= 11 is 0. The van der Waals surface area contributed by atoms with E-state index >= 15 is 0 Å². The van der Waals surface area contributed by atoms with E-state index in [0.717, 1.165) is 37.8 Å². The van der Waals surface area contributed by atoms with E-state index in [4.69, 9.17) is 28.4 Å². The Morgan fingerprint density at radius 2 is 0.842 bits per heavy atom. The molecule has 0 saturated heterocycles. The molecule has 0 spiro atoms. The summed E-state index contributed by atoms with van der Waals surface area (Å²) in [5.74, 6) is 2.30. The molecule has 10 heteroatoms. The molecule has 0 radical (unpaired) electrons. The lowest BCUT2D eigenvalue weighted by molar-refractivity contribution is -0.171. The van der Waals surface area contributed by atoms with Gasteiger partial charge in [0.05, 0.1) is 38.3 Å². The molecule has 0 amide bonds. The topological polar surface area (TPSA) is 124 Å². The van der Waals surface area contributed by atoms with Crippen molar-refractivity contribution in [2.75, 3.05) is 39.6 Å². The van der Waals surface area contributed by atoms with E-state index < -0.39 is 29.6 Å². The minimum absolute atomic E-state index is 0.0411. The molecule has 6 aliphatic carbocycles. The van der Waals surface area contributed by atoms with Crippen LogP contribution in [0.2, 0.25) is 0 Å². The Labute approximate surface area is 341 Å². The Balaban J connectivity index is 0.978. The third kappa shape index (κ3) is 11.7. The van der Waals surface area contributed by atoms with Gasteiger partial charge in [0.2, 0.25) is 0 Å². The van der Waals surface area contributed by atoms with Crippen LogP contribution in [-0.2, 0) is 47.6 Å². The quantitative estimate of drug-likeness (QED) is 0.0757. The highest BCUT2D eigenvalue weighted by molar-refractivity contribution is 5.81. The fraction of sp³-hybridized carbons (Fsp3) is 0.830. The molecule has 0 heterocycles. The number of rotatable bonds is 18. The van der Waals surface area contributed by atoms with Crippen molar-refractivity contribution in [3.8, 4) is 0 Å². The molecule has 0 aliphatic heterocycles. The van der Waals surface area contributed by atoms with Crippen molar-refractivity contribution in [1.29, 1.82) is 0 Å². The van der Waals surface area contributed by atoms with Crippen molar-refractivity contribution in [3.05, 3.63) is 25.3 Å². The van der Waals surface area contributed by atoms with Crippen LogP contribution < -0.4 is 0 Å². The maximum absolute atomic E-state index is 13.8. The second kappa shape index (κ2) is 21.0. The van der Waals surface area contributed by atoms with Gasteiger partial charge in [-0.05, 0) is 85.9 Å². The number of hydrogen-bond acceptors (Lipinski definition) is 10. The molecule has 0 bridgehead atoms. The molecule has 10 atom stereocenters. The lowest BCUT2D eigenvalue weighted by Gasteiger charge is -2.50. The maximum Gasteiger partial charge on any atom is 0.330 e. The van der Waals surface area contributed by atoms with Crippen LogP contribution in [0.25, 0.3) is 0 Å². The van der Waals surface area contributed by atoms with Crippen molar-refractivity contribution in [2.24, 2.45) is 64.6 Å². The zero-order chi connectivity index (χ0) is 40.4. The molecule has 6 saturated carbocycles. The lowest BCUT2D eigenvalue weighted by atomic mass is 9.55. The molecule has 320 valence electrons. The molecule has 6 rings (SSSR count). The van der Waals surface area contributed by atoms with Crippen LogP contribution in [0.1, 0.15) is 129 Å². The van der Waals surface area contributed by atoms with Gasteiger partial charge < -0.3 is 28.4 Å². The second-order valence-corrected chi connectivity index (χ2v) is 19.3. The van der Waals surface area contributed by atoms with Crippen LogP contribution in [0.15, 0.2) is 25.3 Å². The highest BCUT2D eigenvalue weighted by Gasteiger charge is 2.51. The third-order valence-corrected chi connectivity index (χ3v) is 14.8. The summed E-state index contributed by atoms with van der Waals surface area (Å²) in [4.78, 5) is 52.2. The first-order valence-corrected chi connectivity index (χ1v) is 22.7. The predicted molar refractivity (Wildman–Crippen MR) is 215 cm³/mol. The largest absolute Gasteiger partial charge is 0.461 e. The van der Waals surface area contributed by atoms with Gasteiger partial charge in [0.1, 0.15) is 13.2 Å². The first kappa shape index (κ1) is 43.8. The zero-order valence-corrected chi connectivity index (χ0v) is 35.1. The number of carbonyl (C=O) groups excluding carboxylic acids is 4. The normalized spacial score (nSPS) is 33.4. The van der Waals surface area contributed by atoms with E-state index in [1.165, 1.54) is 89.9 Å². The molecule has 0 aromatic carbocycles. The molecule has 57 heavy (non-hydrogen) atoms. The standard InChI is InChI=1S/C47H72O10/c1-5-41(48)56-35(27-54-45(50)43-37-19-11-7-15-31(37)23-32-16-8-12-20-38(32)43)25-52-29-47(3,4)30-53-26-36(57-42(49)6-2)28-55-46(51)44-39-21-13-9-17-33(39)24-34-18-10-14-22-40(34)44/h5-6,31-40,43-44H,1-2,7-30H2,3-4H3. The van der Waals surface area contributed by atoms with Gasteiger partial charge in [0.15, 0.2) is 12.2 Å². The average Bonchev–Trinajstić information content (AvgIpc) is 3.22. The van der Waals surface area contributed by atoms with Gasteiger partial charge in [-0.25, -0.2) is 9.59 Å². The first-order valence-electron chi connectivity index (χ1n) is 22.7. The monoisotopic (exact) mass is 797 g/mol. The molecule has 10 nitrogen and oxygen atoms in total. The fourth-order valence-corrected chi connectivity index (χ4v) is 12.3. The Hall–Kier alpha value is -2.72. The van der Waals surface area contributed by atoms with Gasteiger partial charge in [-0.1, -0.05) is 104 Å². The summed E-state index contributed by atoms with van der Waals surface area (Å²) in [6.07, 6.45) is 22.0. The van der Waals surface area contributed by atoms with Gasteiger partial charge >= 0.3 is 23.9 Å². The summed E-state index contributed by atoms with van der Waals surface area (Å²) < 4.78 is 35.3. The molecule has 0 aromatic heterocycles. The summed E-state index contributed by atoms with van der Waals surface area (Å²) in [6, 6.07) is 0. The van der Waals surface area contributed by atoms with Crippen molar-refractivity contribution in [2.45, 2.75) is 142 Å². The minimum Gasteiger partial charge on any atom is -0.461 e. The van der Waals surface area contributed by atoms with Crippen molar-refractivity contribution < 1.29 is 47.6 Å². The van der Waals surface area contributed by atoms with Crippen LogP contribution in [0.4, 0.5) is 0 Å². The van der Waals surface area contributed by atoms with E-state index in [1.807, 2.05) is 13.8 Å². The van der Waals surface area contributed by atoms with Gasteiger partial charge in [0.25, 0.3) is 0 Å². The predicted octanol–water partition coefficient (Wildman–Crippen LogP) is 8.59. The molecule has 0 aromatic rings. The molecule has 6 fully saturated rings. The highest BCUT2D eigenvalue weighted by Crippen LogP contribution is 2.55.